The summed E-state index contributed by atoms with van der Waals surface area (Å²) in [5.74, 6) is 0.754. The highest BCUT2D eigenvalue weighted by Gasteiger charge is 2.41. The lowest BCUT2D eigenvalue weighted by atomic mass is 9.65. The largest absolute Gasteiger partial charge is 0.416 e. The first kappa shape index (κ1) is 19.2. The van der Waals surface area contributed by atoms with E-state index in [1.54, 1.807) is 24.9 Å². The zero-order valence-corrected chi connectivity index (χ0v) is 15.3. The molecule has 0 spiro atoms. The lowest BCUT2D eigenvalue weighted by Gasteiger charge is -2.44. The second-order valence-corrected chi connectivity index (χ2v) is 7.95. The first-order chi connectivity index (χ1) is 12.2. The number of alkyl halides is 3. The first-order valence-electron chi connectivity index (χ1n) is 9.38. The summed E-state index contributed by atoms with van der Waals surface area (Å²) in [6, 6.07) is 5.03. The van der Waals surface area contributed by atoms with Gasteiger partial charge >= 0.3 is 6.18 Å². The maximum Gasteiger partial charge on any atom is 0.416 e. The molecule has 2 bridgehead atoms. The van der Waals surface area contributed by atoms with E-state index in [-0.39, 0.29) is 17.9 Å². The molecule has 2 fully saturated rings. The van der Waals surface area contributed by atoms with Crippen molar-refractivity contribution in [3.63, 3.8) is 0 Å². The molecule has 1 aromatic rings. The highest BCUT2D eigenvalue weighted by Crippen LogP contribution is 2.43. The van der Waals surface area contributed by atoms with E-state index in [2.05, 4.69) is 0 Å². The SMILES string of the molecule is CC(c1cccc(C(F)(F)F)c1)N(C)C(=O)C1CC2CCCC(C1)C2N. The minimum atomic E-state index is -4.38. The van der Waals surface area contributed by atoms with E-state index in [1.165, 1.54) is 12.5 Å². The van der Waals surface area contributed by atoms with E-state index < -0.39 is 17.8 Å². The number of nitrogens with two attached hydrogens (primary N) is 1. The lowest BCUT2D eigenvalue weighted by molar-refractivity contribution is -0.139. The van der Waals surface area contributed by atoms with E-state index >= 15 is 0 Å². The lowest BCUT2D eigenvalue weighted by Crippen LogP contribution is -2.49. The monoisotopic (exact) mass is 368 g/mol. The van der Waals surface area contributed by atoms with Crippen LogP contribution < -0.4 is 5.73 Å². The minimum absolute atomic E-state index is 0.0266. The summed E-state index contributed by atoms with van der Waals surface area (Å²) in [5, 5.41) is 0. The van der Waals surface area contributed by atoms with E-state index in [4.69, 9.17) is 5.73 Å². The normalized spacial score (nSPS) is 29.9. The van der Waals surface area contributed by atoms with Gasteiger partial charge in [-0.2, -0.15) is 13.2 Å². The van der Waals surface area contributed by atoms with Crippen molar-refractivity contribution in [1.29, 1.82) is 0 Å². The molecule has 0 saturated heterocycles. The van der Waals surface area contributed by atoms with Crippen LogP contribution in [-0.4, -0.2) is 23.9 Å². The Kier molecular flexibility index (Phi) is 5.33. The zero-order valence-electron chi connectivity index (χ0n) is 15.3. The van der Waals surface area contributed by atoms with Crippen molar-refractivity contribution in [2.75, 3.05) is 7.05 Å². The topological polar surface area (TPSA) is 46.3 Å². The molecule has 2 saturated carbocycles. The van der Waals surface area contributed by atoms with Gasteiger partial charge in [0.1, 0.15) is 0 Å². The second kappa shape index (κ2) is 7.22. The summed E-state index contributed by atoms with van der Waals surface area (Å²) >= 11 is 0. The van der Waals surface area contributed by atoms with Crippen molar-refractivity contribution in [3.05, 3.63) is 35.4 Å². The third-order valence-corrected chi connectivity index (χ3v) is 6.39. The average Bonchev–Trinajstić information content (AvgIpc) is 2.59. The molecule has 6 heteroatoms. The van der Waals surface area contributed by atoms with Gasteiger partial charge in [0.2, 0.25) is 5.91 Å². The molecular formula is C20H27F3N2O. The Balaban J connectivity index is 1.72. The molecule has 0 heterocycles. The first-order valence-corrected chi connectivity index (χ1v) is 9.38. The fraction of sp³-hybridized carbons (Fsp3) is 0.650. The van der Waals surface area contributed by atoms with Gasteiger partial charge in [0.25, 0.3) is 0 Å². The Morgan fingerprint density at radius 2 is 1.85 bits per heavy atom. The minimum Gasteiger partial charge on any atom is -0.339 e. The van der Waals surface area contributed by atoms with Gasteiger partial charge in [-0.1, -0.05) is 18.6 Å². The summed E-state index contributed by atoms with van der Waals surface area (Å²) in [6.45, 7) is 1.78. The third-order valence-electron chi connectivity index (χ3n) is 6.39. The van der Waals surface area contributed by atoms with Crippen molar-refractivity contribution in [2.45, 2.75) is 57.3 Å². The molecule has 2 N–H and O–H groups in total. The van der Waals surface area contributed by atoms with Crippen LogP contribution in [0.2, 0.25) is 0 Å². The van der Waals surface area contributed by atoms with Crippen LogP contribution in [0.25, 0.3) is 0 Å². The van der Waals surface area contributed by atoms with Gasteiger partial charge in [-0.15, -0.1) is 0 Å². The highest BCUT2D eigenvalue weighted by atomic mass is 19.4. The molecule has 0 aliphatic heterocycles. The Labute approximate surface area is 152 Å². The standard InChI is InChI=1S/C20H27F3N2O/c1-12(13-5-4-8-17(11-13)20(21,22)23)25(2)19(26)16-9-14-6-3-7-15(10-16)18(14)24/h4-5,8,11-12,14-16,18H,3,6-7,9-10,24H2,1-2H3. The molecular weight excluding hydrogens is 341 g/mol. The Hall–Kier alpha value is -1.56. The predicted octanol–water partition coefficient (Wildman–Crippen LogP) is 4.38. The van der Waals surface area contributed by atoms with Crippen molar-refractivity contribution in [2.24, 2.45) is 23.5 Å². The zero-order chi connectivity index (χ0) is 19.1. The van der Waals surface area contributed by atoms with E-state index in [9.17, 15) is 18.0 Å². The van der Waals surface area contributed by atoms with Crippen LogP contribution >= 0.6 is 0 Å². The van der Waals surface area contributed by atoms with Crippen LogP contribution in [0, 0.1) is 17.8 Å². The maximum absolute atomic E-state index is 13.0. The van der Waals surface area contributed by atoms with Crippen molar-refractivity contribution in [3.8, 4) is 0 Å². The molecule has 3 rings (SSSR count). The number of hydrogen-bond donors (Lipinski definition) is 1. The van der Waals surface area contributed by atoms with Crippen molar-refractivity contribution in [1.82, 2.24) is 4.90 Å². The maximum atomic E-state index is 13.0. The van der Waals surface area contributed by atoms with E-state index in [0.29, 0.717) is 17.4 Å². The van der Waals surface area contributed by atoms with Crippen LogP contribution in [-0.2, 0) is 11.0 Å². The highest BCUT2D eigenvalue weighted by molar-refractivity contribution is 5.79. The number of benzene rings is 1. The summed E-state index contributed by atoms with van der Waals surface area (Å²) in [4.78, 5) is 14.6. The number of rotatable bonds is 3. The number of amides is 1. The van der Waals surface area contributed by atoms with Gasteiger partial charge in [0, 0.05) is 19.0 Å². The summed E-state index contributed by atoms with van der Waals surface area (Å²) in [7, 11) is 1.69. The fourth-order valence-electron chi connectivity index (χ4n) is 4.67. The number of hydrogen-bond acceptors (Lipinski definition) is 2. The van der Waals surface area contributed by atoms with Gasteiger partial charge in [0.05, 0.1) is 11.6 Å². The number of carbonyl (C=O) groups excluding carboxylic acids is 1. The van der Waals surface area contributed by atoms with Crippen LogP contribution in [0.15, 0.2) is 24.3 Å². The van der Waals surface area contributed by atoms with E-state index in [1.807, 2.05) is 0 Å². The molecule has 2 aliphatic rings. The molecule has 26 heavy (non-hydrogen) atoms. The van der Waals surface area contributed by atoms with Gasteiger partial charge in [0.15, 0.2) is 0 Å². The number of carbonyl (C=O) groups is 1. The van der Waals surface area contributed by atoms with Crippen molar-refractivity contribution < 1.29 is 18.0 Å². The van der Waals surface area contributed by atoms with Gasteiger partial charge in [-0.05, 0) is 62.1 Å². The average molecular weight is 368 g/mol. The molecule has 0 radical (unpaired) electrons. The molecule has 0 aromatic heterocycles. The molecule has 3 unspecified atom stereocenters. The molecule has 2 aliphatic carbocycles. The quantitative estimate of drug-likeness (QED) is 0.861. The summed E-state index contributed by atoms with van der Waals surface area (Å²) in [5.41, 5.74) is 6.12. The third kappa shape index (κ3) is 3.75. The van der Waals surface area contributed by atoms with E-state index in [0.717, 1.165) is 37.8 Å². The van der Waals surface area contributed by atoms with Gasteiger partial charge in [-0.25, -0.2) is 0 Å². The molecule has 3 atom stereocenters. The second-order valence-electron chi connectivity index (χ2n) is 7.95. The van der Waals surface area contributed by atoms with Crippen LogP contribution in [0.5, 0.6) is 0 Å². The van der Waals surface area contributed by atoms with Crippen molar-refractivity contribution >= 4 is 5.91 Å². The Morgan fingerprint density at radius 3 is 2.42 bits per heavy atom. The van der Waals surface area contributed by atoms with Crippen LogP contribution in [0.4, 0.5) is 13.2 Å². The molecule has 1 amide bonds. The fourth-order valence-corrected chi connectivity index (χ4v) is 4.67. The number of nitrogens with zero attached hydrogens (tertiary/aromatic N) is 1. The Morgan fingerprint density at radius 1 is 1.23 bits per heavy atom. The summed E-state index contributed by atoms with van der Waals surface area (Å²) in [6.07, 6.45) is 0.560. The van der Waals surface area contributed by atoms with Crippen LogP contribution in [0.3, 0.4) is 0 Å². The summed E-state index contributed by atoms with van der Waals surface area (Å²) < 4.78 is 38.9. The van der Waals surface area contributed by atoms with Gasteiger partial charge < -0.3 is 10.6 Å². The van der Waals surface area contributed by atoms with Crippen LogP contribution in [0.1, 0.15) is 56.2 Å². The smallest absolute Gasteiger partial charge is 0.339 e. The Bertz CT molecular complexity index is 647. The van der Waals surface area contributed by atoms with Gasteiger partial charge in [-0.3, -0.25) is 4.79 Å². The predicted molar refractivity (Wildman–Crippen MR) is 94.2 cm³/mol. The number of halogens is 3. The number of fused-ring (bicyclic) bond motifs is 2. The molecule has 144 valence electrons. The molecule has 3 nitrogen and oxygen atoms in total. The molecule has 1 aromatic carbocycles.